The number of thioether (sulfide) groups is 2. The van der Waals surface area contributed by atoms with Crippen molar-refractivity contribution >= 4 is 46.7 Å². The van der Waals surface area contributed by atoms with E-state index in [0.717, 1.165) is 55.5 Å². The molecule has 3 aliphatic heterocycles. The van der Waals surface area contributed by atoms with Crippen LogP contribution in [0.4, 0.5) is 11.4 Å². The van der Waals surface area contributed by atoms with Gasteiger partial charge in [-0.1, -0.05) is 164 Å². The van der Waals surface area contributed by atoms with Crippen LogP contribution >= 0.6 is 23.5 Å². The molecular weight excluding hydrogens is 755 g/mol. The molecule has 2 aromatic carbocycles. The van der Waals surface area contributed by atoms with Crippen LogP contribution in [0.3, 0.4) is 0 Å². The van der Waals surface area contributed by atoms with Crippen molar-refractivity contribution in [1.82, 2.24) is 15.5 Å². The lowest BCUT2D eigenvalue weighted by molar-refractivity contribution is -0.130. The van der Waals surface area contributed by atoms with Gasteiger partial charge in [-0.05, 0) is 92.9 Å². The van der Waals surface area contributed by atoms with Gasteiger partial charge in [0, 0.05) is 22.9 Å². The predicted octanol–water partition coefficient (Wildman–Crippen LogP) is 12.2. The first kappa shape index (κ1) is 43.9. The van der Waals surface area contributed by atoms with Crippen molar-refractivity contribution in [3.63, 3.8) is 0 Å². The zero-order valence-corrected chi connectivity index (χ0v) is 37.3. The Labute approximate surface area is 357 Å². The summed E-state index contributed by atoms with van der Waals surface area (Å²) >= 11 is 3.62. The molecule has 0 radical (unpaired) electrons. The van der Waals surface area contributed by atoms with Gasteiger partial charge in [-0.2, -0.15) is 0 Å². The molecule has 0 spiro atoms. The maximum atomic E-state index is 13.8. The van der Waals surface area contributed by atoms with Crippen LogP contribution in [-0.4, -0.2) is 50.2 Å². The van der Waals surface area contributed by atoms with Crippen LogP contribution < -0.4 is 20.4 Å². The smallest absolute Gasteiger partial charge is 0.260 e. The van der Waals surface area contributed by atoms with Crippen molar-refractivity contribution in [2.75, 3.05) is 37.0 Å². The summed E-state index contributed by atoms with van der Waals surface area (Å²) in [6, 6.07) is 17.4. The molecule has 0 bridgehead atoms. The van der Waals surface area contributed by atoms with Gasteiger partial charge in [0.05, 0.1) is 21.4 Å². The number of hydrogen-bond acceptors (Lipinski definition) is 7. The number of anilines is 2. The topological polar surface area (TPSA) is 67.9 Å². The second-order valence-electron chi connectivity index (χ2n) is 16.3. The summed E-state index contributed by atoms with van der Waals surface area (Å²) in [6.07, 6.45) is 30.4. The number of amides is 2. The first-order valence-electron chi connectivity index (χ1n) is 22.3. The third-order valence-corrected chi connectivity index (χ3v) is 13.9. The Bertz CT molecular complexity index is 1750. The van der Waals surface area contributed by atoms with Crippen molar-refractivity contribution in [2.24, 2.45) is 0 Å². The summed E-state index contributed by atoms with van der Waals surface area (Å²) in [5.41, 5.74) is 5.58. The minimum Gasteiger partial charge on any atom is -0.335 e. The molecule has 312 valence electrons. The summed E-state index contributed by atoms with van der Waals surface area (Å²) < 4.78 is 0. The number of fused-ring (bicyclic) bond motifs is 2. The van der Waals surface area contributed by atoms with Crippen LogP contribution in [0.25, 0.3) is 0 Å². The number of hydrogen-bond donors (Lipinski definition) is 2. The van der Waals surface area contributed by atoms with E-state index < -0.39 is 6.29 Å². The van der Waals surface area contributed by atoms with Crippen molar-refractivity contribution < 1.29 is 9.59 Å². The number of carbonyl (C=O) groups excluding carboxylic acids is 2. The molecule has 58 heavy (non-hydrogen) atoms. The number of carbonyl (C=O) groups is 2. The van der Waals surface area contributed by atoms with E-state index >= 15 is 0 Å². The summed E-state index contributed by atoms with van der Waals surface area (Å²) in [5, 5.41) is 8.45. The number of rotatable bonds is 21. The highest BCUT2D eigenvalue weighted by Crippen LogP contribution is 2.48. The number of nitrogens with one attached hydrogen (secondary N) is 2. The van der Waals surface area contributed by atoms with Crippen LogP contribution in [0.2, 0.25) is 0 Å². The van der Waals surface area contributed by atoms with E-state index in [4.69, 9.17) is 0 Å². The molecule has 7 nitrogen and oxygen atoms in total. The Hall–Kier alpha value is -3.66. The first-order chi connectivity index (χ1) is 28.4. The molecule has 2 amide bonds. The van der Waals surface area contributed by atoms with Crippen LogP contribution in [0, 0.1) is 0 Å². The Morgan fingerprint density at radius 1 is 0.569 bits per heavy atom. The maximum Gasteiger partial charge on any atom is 0.260 e. The molecule has 2 N–H and O–H groups in total. The van der Waals surface area contributed by atoms with Crippen molar-refractivity contribution in [2.45, 2.75) is 146 Å². The fourth-order valence-electron chi connectivity index (χ4n) is 8.36. The average Bonchev–Trinajstić information content (AvgIpc) is 3.90. The highest BCUT2D eigenvalue weighted by molar-refractivity contribution is 8.04. The quantitative estimate of drug-likeness (QED) is 0.0738. The number of benzene rings is 2. The van der Waals surface area contributed by atoms with Crippen LogP contribution in [0.1, 0.15) is 129 Å². The van der Waals surface area contributed by atoms with Crippen molar-refractivity contribution in [3.05, 3.63) is 105 Å². The lowest BCUT2D eigenvalue weighted by Crippen LogP contribution is -2.61. The van der Waals surface area contributed by atoms with Gasteiger partial charge in [0.2, 0.25) is 0 Å². The van der Waals surface area contributed by atoms with Gasteiger partial charge in [0.1, 0.15) is 5.57 Å². The molecule has 0 atom stereocenters. The molecular formula is C49H67N5O2S2. The van der Waals surface area contributed by atoms with Crippen molar-refractivity contribution in [3.8, 4) is 0 Å². The standard InChI is InChI=1S/C49H67N5O2S2/c1-5-7-9-11-13-15-17-23-35-53-39-25-19-21-27-41(39)57-43(53)33-31-37-29-30-38(45(37)46-47(55)50-49(52(3)4)51-48(46)56)32-34-44-54(40-26-20-22-28-42(40)58-44)36-24-18-16-14-12-10-8-6-2/h19-22,25-28,31-34,49H,5-18,23-24,29-30,35-36H2,1-4H3,(H,50,55)(H,51,56)/b37-31+,38-32?,43-33-,44-34?,46-45?. The molecule has 1 saturated heterocycles. The summed E-state index contributed by atoms with van der Waals surface area (Å²) in [5.74, 6) is -0.649. The molecule has 6 rings (SSSR count). The Kier molecular flexibility index (Phi) is 17.1. The SMILES string of the molecule is CCCCCCCCCCN1C(=CC=C2CC/C(=C\C=C3/Sc4ccccc4N3CCCCCCCCCC)C2=C2C(=O)NC(N(C)C)NC2=O)Sc2ccccc21. The molecule has 9 heteroatoms. The van der Waals surface area contributed by atoms with Crippen LogP contribution in [-0.2, 0) is 9.59 Å². The molecule has 1 saturated carbocycles. The van der Waals surface area contributed by atoms with Gasteiger partial charge in [-0.15, -0.1) is 0 Å². The lowest BCUT2D eigenvalue weighted by Gasteiger charge is -2.31. The monoisotopic (exact) mass is 821 g/mol. The first-order valence-corrected chi connectivity index (χ1v) is 24.0. The number of allylic oxidation sites excluding steroid dienone is 7. The Morgan fingerprint density at radius 3 is 1.38 bits per heavy atom. The lowest BCUT2D eigenvalue weighted by atomic mass is 9.96. The summed E-state index contributed by atoms with van der Waals surface area (Å²) in [4.78, 5) is 37.0. The summed E-state index contributed by atoms with van der Waals surface area (Å²) in [6.45, 7) is 6.51. The minimum atomic E-state index is -0.550. The van der Waals surface area contributed by atoms with E-state index in [-0.39, 0.29) is 17.4 Å². The Balaban J connectivity index is 1.25. The van der Waals surface area contributed by atoms with Gasteiger partial charge in [0.25, 0.3) is 11.8 Å². The second-order valence-corrected chi connectivity index (χ2v) is 18.5. The zero-order chi connectivity index (χ0) is 40.7. The number of unbranched alkanes of at least 4 members (excludes halogenated alkanes) is 14. The van der Waals surface area contributed by atoms with E-state index in [1.165, 1.54) is 121 Å². The second kappa shape index (κ2) is 22.6. The maximum absolute atomic E-state index is 13.8. The molecule has 4 aliphatic rings. The third-order valence-electron chi connectivity index (χ3n) is 11.7. The normalized spacial score (nSPS) is 20.7. The molecule has 2 aromatic rings. The van der Waals surface area contributed by atoms with Crippen molar-refractivity contribution in [1.29, 1.82) is 0 Å². The van der Waals surface area contributed by atoms with E-state index in [0.29, 0.717) is 0 Å². The van der Waals surface area contributed by atoms with E-state index in [2.05, 4.69) is 107 Å². The third kappa shape index (κ3) is 11.5. The largest absolute Gasteiger partial charge is 0.335 e. The summed E-state index contributed by atoms with van der Waals surface area (Å²) in [7, 11) is 3.70. The molecule has 1 aliphatic carbocycles. The van der Waals surface area contributed by atoms with Gasteiger partial charge in [0.15, 0.2) is 6.29 Å². The highest BCUT2D eigenvalue weighted by Gasteiger charge is 2.36. The van der Waals surface area contributed by atoms with Crippen LogP contribution in [0.15, 0.2) is 115 Å². The van der Waals surface area contributed by atoms with E-state index in [1.54, 1.807) is 4.90 Å². The van der Waals surface area contributed by atoms with Gasteiger partial charge in [-0.25, -0.2) is 0 Å². The fraction of sp³-hybridized carbons (Fsp3) is 0.510. The van der Waals surface area contributed by atoms with Gasteiger partial charge in [-0.3, -0.25) is 14.5 Å². The van der Waals surface area contributed by atoms with Crippen LogP contribution in [0.5, 0.6) is 0 Å². The van der Waals surface area contributed by atoms with Gasteiger partial charge < -0.3 is 20.4 Å². The molecule has 3 heterocycles. The predicted molar refractivity (Wildman–Crippen MR) is 247 cm³/mol. The minimum absolute atomic E-state index is 0.209. The molecule has 0 aromatic heterocycles. The van der Waals surface area contributed by atoms with Gasteiger partial charge >= 0.3 is 0 Å². The Morgan fingerprint density at radius 2 is 0.966 bits per heavy atom. The highest BCUT2D eigenvalue weighted by atomic mass is 32.2. The number of para-hydroxylation sites is 2. The fourth-order valence-corrected chi connectivity index (χ4v) is 10.5. The molecule has 2 fully saturated rings. The van der Waals surface area contributed by atoms with E-state index in [9.17, 15) is 9.59 Å². The average molecular weight is 822 g/mol. The zero-order valence-electron chi connectivity index (χ0n) is 35.6. The van der Waals surface area contributed by atoms with E-state index in [1.807, 2.05) is 37.6 Å². The number of nitrogens with zero attached hydrogens (tertiary/aromatic N) is 3. The molecule has 0 unspecified atom stereocenters.